The van der Waals surface area contributed by atoms with Crippen molar-refractivity contribution in [3.8, 4) is 5.75 Å². The zero-order valence-electron chi connectivity index (χ0n) is 10.3. The van der Waals surface area contributed by atoms with Crippen LogP contribution in [-0.4, -0.2) is 12.6 Å². The molecule has 17 heavy (non-hydrogen) atoms. The predicted octanol–water partition coefficient (Wildman–Crippen LogP) is 2.68. The molecule has 0 aromatic heterocycles. The van der Waals surface area contributed by atoms with Crippen LogP contribution in [0.25, 0.3) is 0 Å². The minimum absolute atomic E-state index is 0.347. The van der Waals surface area contributed by atoms with E-state index in [9.17, 15) is 0 Å². The number of hydrogen-bond donors (Lipinski definition) is 1. The topological polar surface area (TPSA) is 35.2 Å². The zero-order chi connectivity index (χ0) is 11.7. The number of hydrogen-bond acceptors (Lipinski definition) is 2. The first-order chi connectivity index (χ1) is 8.36. The molecule has 3 rings (SSSR count). The van der Waals surface area contributed by atoms with Crippen molar-refractivity contribution in [2.75, 3.05) is 6.54 Å². The number of nitrogens with two attached hydrogens (primary N) is 1. The normalized spacial score (nSPS) is 27.1. The Labute approximate surface area is 103 Å². The molecule has 2 aliphatic carbocycles. The van der Waals surface area contributed by atoms with Crippen LogP contribution in [0.3, 0.4) is 0 Å². The third-order valence-corrected chi connectivity index (χ3v) is 4.25. The first kappa shape index (κ1) is 11.1. The molecular formula is C15H21NO. The second-order valence-corrected chi connectivity index (χ2v) is 5.37. The lowest BCUT2D eigenvalue weighted by Crippen LogP contribution is -2.27. The van der Waals surface area contributed by atoms with Crippen molar-refractivity contribution in [3.63, 3.8) is 0 Å². The Hall–Kier alpha value is -1.02. The summed E-state index contributed by atoms with van der Waals surface area (Å²) in [5.41, 5.74) is 8.79. The van der Waals surface area contributed by atoms with Crippen molar-refractivity contribution in [3.05, 3.63) is 29.3 Å². The second kappa shape index (κ2) is 4.69. The molecule has 1 saturated carbocycles. The van der Waals surface area contributed by atoms with Crippen molar-refractivity contribution in [1.82, 2.24) is 0 Å². The fraction of sp³-hybridized carbons (Fsp3) is 0.600. The zero-order valence-corrected chi connectivity index (χ0v) is 10.3. The Morgan fingerprint density at radius 1 is 1.12 bits per heavy atom. The van der Waals surface area contributed by atoms with E-state index in [1.807, 2.05) is 0 Å². The summed E-state index contributed by atoms with van der Waals surface area (Å²) >= 11 is 0. The molecule has 0 amide bonds. The molecule has 2 atom stereocenters. The van der Waals surface area contributed by atoms with Gasteiger partial charge in [0.1, 0.15) is 11.9 Å². The van der Waals surface area contributed by atoms with Gasteiger partial charge < -0.3 is 10.5 Å². The molecule has 1 aromatic carbocycles. The van der Waals surface area contributed by atoms with Gasteiger partial charge in [-0.2, -0.15) is 0 Å². The summed E-state index contributed by atoms with van der Waals surface area (Å²) in [6.45, 7) is 0.760. The van der Waals surface area contributed by atoms with Gasteiger partial charge in [0.25, 0.3) is 0 Å². The number of rotatable bonds is 3. The molecule has 0 heterocycles. The highest BCUT2D eigenvalue weighted by Gasteiger charge is 2.27. The molecule has 2 unspecified atom stereocenters. The lowest BCUT2D eigenvalue weighted by Gasteiger charge is -2.20. The molecular weight excluding hydrogens is 210 g/mol. The van der Waals surface area contributed by atoms with E-state index >= 15 is 0 Å². The maximum absolute atomic E-state index is 6.12. The number of ether oxygens (including phenoxy) is 1. The molecule has 92 valence electrons. The molecule has 0 spiro atoms. The molecule has 1 aromatic rings. The highest BCUT2D eigenvalue weighted by molar-refractivity contribution is 5.38. The van der Waals surface area contributed by atoms with Crippen molar-refractivity contribution in [2.24, 2.45) is 11.7 Å². The van der Waals surface area contributed by atoms with E-state index in [2.05, 4.69) is 18.2 Å². The van der Waals surface area contributed by atoms with Crippen LogP contribution >= 0.6 is 0 Å². The summed E-state index contributed by atoms with van der Waals surface area (Å²) in [7, 11) is 0. The number of fused-ring (bicyclic) bond motifs is 1. The van der Waals surface area contributed by atoms with Crippen LogP contribution < -0.4 is 10.5 Å². The maximum Gasteiger partial charge on any atom is 0.120 e. The molecule has 1 fully saturated rings. The molecule has 2 nitrogen and oxygen atoms in total. The Morgan fingerprint density at radius 3 is 2.88 bits per heavy atom. The Balaban J connectivity index is 1.72. The monoisotopic (exact) mass is 231 g/mol. The quantitative estimate of drug-likeness (QED) is 0.868. The van der Waals surface area contributed by atoms with Gasteiger partial charge in [0.05, 0.1) is 0 Å². The minimum Gasteiger partial charge on any atom is -0.490 e. The van der Waals surface area contributed by atoms with E-state index in [1.165, 1.54) is 49.7 Å². The highest BCUT2D eigenvalue weighted by atomic mass is 16.5. The van der Waals surface area contributed by atoms with Crippen LogP contribution in [0.5, 0.6) is 5.75 Å². The van der Waals surface area contributed by atoms with E-state index < -0.39 is 0 Å². The van der Waals surface area contributed by atoms with E-state index in [0.717, 1.165) is 12.3 Å². The van der Waals surface area contributed by atoms with Crippen LogP contribution in [0.1, 0.15) is 36.8 Å². The van der Waals surface area contributed by atoms with Crippen molar-refractivity contribution >= 4 is 0 Å². The summed E-state index contributed by atoms with van der Waals surface area (Å²) in [6.07, 6.45) is 7.76. The van der Waals surface area contributed by atoms with Crippen molar-refractivity contribution in [2.45, 2.75) is 44.6 Å². The van der Waals surface area contributed by atoms with Crippen molar-refractivity contribution < 1.29 is 4.74 Å². The molecule has 2 N–H and O–H groups in total. The van der Waals surface area contributed by atoms with Gasteiger partial charge in [0.2, 0.25) is 0 Å². The Kier molecular flexibility index (Phi) is 3.06. The van der Waals surface area contributed by atoms with E-state index in [0.29, 0.717) is 12.0 Å². The smallest absolute Gasteiger partial charge is 0.120 e. The fourth-order valence-electron chi connectivity index (χ4n) is 3.22. The first-order valence-corrected chi connectivity index (χ1v) is 6.85. The van der Waals surface area contributed by atoms with Crippen LogP contribution in [0, 0.1) is 5.92 Å². The van der Waals surface area contributed by atoms with Gasteiger partial charge >= 0.3 is 0 Å². The standard InChI is InChI=1S/C15H21NO/c16-10-13-5-2-6-15(13)17-14-8-7-11-3-1-4-12(11)9-14/h7-9,13,15H,1-6,10,16H2. The van der Waals surface area contributed by atoms with Crippen LogP contribution in [0.2, 0.25) is 0 Å². The Bertz CT molecular complexity index is 402. The van der Waals surface area contributed by atoms with Gasteiger partial charge in [0, 0.05) is 5.92 Å². The molecule has 0 radical (unpaired) electrons. The minimum atomic E-state index is 0.347. The summed E-state index contributed by atoms with van der Waals surface area (Å²) in [5, 5.41) is 0. The average molecular weight is 231 g/mol. The van der Waals surface area contributed by atoms with Crippen molar-refractivity contribution in [1.29, 1.82) is 0 Å². The van der Waals surface area contributed by atoms with E-state index in [4.69, 9.17) is 10.5 Å². The average Bonchev–Trinajstić information content (AvgIpc) is 2.96. The lowest BCUT2D eigenvalue weighted by molar-refractivity contribution is 0.162. The second-order valence-electron chi connectivity index (χ2n) is 5.37. The van der Waals surface area contributed by atoms with Crippen LogP contribution in [0.15, 0.2) is 18.2 Å². The SMILES string of the molecule is NCC1CCCC1Oc1ccc2c(c1)CCC2. The van der Waals surface area contributed by atoms with E-state index in [1.54, 1.807) is 0 Å². The molecule has 0 bridgehead atoms. The Morgan fingerprint density at radius 2 is 2.00 bits per heavy atom. The summed E-state index contributed by atoms with van der Waals surface area (Å²) in [5.74, 6) is 1.61. The maximum atomic E-state index is 6.12. The van der Waals surface area contributed by atoms with Crippen LogP contribution in [-0.2, 0) is 12.8 Å². The van der Waals surface area contributed by atoms with Gasteiger partial charge in [0.15, 0.2) is 0 Å². The first-order valence-electron chi connectivity index (χ1n) is 6.85. The van der Waals surface area contributed by atoms with E-state index in [-0.39, 0.29) is 0 Å². The third kappa shape index (κ3) is 2.19. The summed E-state index contributed by atoms with van der Waals surface area (Å²) in [4.78, 5) is 0. The third-order valence-electron chi connectivity index (χ3n) is 4.25. The fourth-order valence-corrected chi connectivity index (χ4v) is 3.22. The number of benzene rings is 1. The van der Waals surface area contributed by atoms with Gasteiger partial charge in [-0.25, -0.2) is 0 Å². The van der Waals surface area contributed by atoms with Gasteiger partial charge in [-0.3, -0.25) is 0 Å². The number of aryl methyl sites for hydroxylation is 2. The summed E-state index contributed by atoms with van der Waals surface area (Å²) in [6, 6.07) is 6.62. The highest BCUT2D eigenvalue weighted by Crippen LogP contribution is 2.31. The van der Waals surface area contributed by atoms with Gasteiger partial charge in [-0.05, 0) is 68.3 Å². The molecule has 2 aliphatic rings. The largest absolute Gasteiger partial charge is 0.490 e. The predicted molar refractivity (Wildman–Crippen MR) is 69.3 cm³/mol. The van der Waals surface area contributed by atoms with Crippen LogP contribution in [0.4, 0.5) is 0 Å². The van der Waals surface area contributed by atoms with Gasteiger partial charge in [-0.15, -0.1) is 0 Å². The molecule has 0 aliphatic heterocycles. The summed E-state index contributed by atoms with van der Waals surface area (Å²) < 4.78 is 6.12. The van der Waals surface area contributed by atoms with Gasteiger partial charge in [-0.1, -0.05) is 6.07 Å². The lowest BCUT2D eigenvalue weighted by atomic mass is 10.1. The molecule has 0 saturated heterocycles. The molecule has 2 heteroatoms.